The van der Waals surface area contributed by atoms with Crippen molar-refractivity contribution in [3.63, 3.8) is 0 Å². The Kier molecular flexibility index (Phi) is 4.10. The predicted octanol–water partition coefficient (Wildman–Crippen LogP) is 3.44. The summed E-state index contributed by atoms with van der Waals surface area (Å²) in [6.45, 7) is 2.50. The Bertz CT molecular complexity index is 546. The minimum absolute atomic E-state index is 0.187. The van der Waals surface area contributed by atoms with Crippen molar-refractivity contribution in [2.45, 2.75) is 19.9 Å². The third-order valence-corrected chi connectivity index (χ3v) is 2.80. The third kappa shape index (κ3) is 2.96. The molecule has 94 valence electrons. The normalized spacial score (nSPS) is 10.4. The Hall–Kier alpha value is -1.68. The minimum Gasteiger partial charge on any atom is -0.362 e. The molecular weight excluding hydrogens is 253 g/mol. The molecule has 0 fully saturated rings. The van der Waals surface area contributed by atoms with Crippen LogP contribution in [-0.4, -0.2) is 9.97 Å². The predicted molar refractivity (Wildman–Crippen MR) is 70.1 cm³/mol. The second-order valence-electron chi connectivity index (χ2n) is 3.80. The smallest absolute Gasteiger partial charge is 0.166 e. The SMILES string of the molecule is CCc1cccnc1CNc1ncc(Cl)cc1F. The Morgan fingerprint density at radius 3 is 2.94 bits per heavy atom. The Morgan fingerprint density at radius 1 is 1.39 bits per heavy atom. The van der Waals surface area contributed by atoms with Gasteiger partial charge in [-0.2, -0.15) is 0 Å². The fraction of sp³-hybridized carbons (Fsp3) is 0.231. The van der Waals surface area contributed by atoms with Gasteiger partial charge in [-0.15, -0.1) is 0 Å². The number of pyridine rings is 2. The van der Waals surface area contributed by atoms with Crippen molar-refractivity contribution in [3.8, 4) is 0 Å². The van der Waals surface area contributed by atoms with Crippen molar-refractivity contribution < 1.29 is 4.39 Å². The zero-order valence-corrected chi connectivity index (χ0v) is 10.7. The van der Waals surface area contributed by atoms with Crippen LogP contribution in [0.1, 0.15) is 18.2 Å². The number of hydrogen-bond donors (Lipinski definition) is 1. The second kappa shape index (κ2) is 5.78. The molecule has 2 rings (SSSR count). The molecule has 0 saturated carbocycles. The van der Waals surface area contributed by atoms with Crippen LogP contribution in [0.2, 0.25) is 5.02 Å². The topological polar surface area (TPSA) is 37.8 Å². The lowest BCUT2D eigenvalue weighted by molar-refractivity contribution is 0.624. The monoisotopic (exact) mass is 265 g/mol. The van der Waals surface area contributed by atoms with Crippen LogP contribution in [0.3, 0.4) is 0 Å². The van der Waals surface area contributed by atoms with Crippen molar-refractivity contribution in [1.82, 2.24) is 9.97 Å². The molecule has 0 radical (unpaired) electrons. The molecule has 3 nitrogen and oxygen atoms in total. The first kappa shape index (κ1) is 12.8. The van der Waals surface area contributed by atoms with E-state index in [0.29, 0.717) is 6.54 Å². The summed E-state index contributed by atoms with van der Waals surface area (Å²) < 4.78 is 13.5. The summed E-state index contributed by atoms with van der Waals surface area (Å²) in [5.41, 5.74) is 2.04. The molecule has 0 spiro atoms. The molecule has 0 aromatic carbocycles. The Labute approximate surface area is 110 Å². The number of rotatable bonds is 4. The van der Waals surface area contributed by atoms with Gasteiger partial charge in [0.05, 0.1) is 17.3 Å². The van der Waals surface area contributed by atoms with Crippen LogP contribution in [0.5, 0.6) is 0 Å². The van der Waals surface area contributed by atoms with E-state index in [-0.39, 0.29) is 10.8 Å². The molecule has 0 atom stereocenters. The molecule has 5 heteroatoms. The highest BCUT2D eigenvalue weighted by Crippen LogP contribution is 2.16. The maximum atomic E-state index is 13.5. The highest BCUT2D eigenvalue weighted by molar-refractivity contribution is 6.30. The van der Waals surface area contributed by atoms with E-state index in [2.05, 4.69) is 22.2 Å². The number of anilines is 1. The van der Waals surface area contributed by atoms with Gasteiger partial charge >= 0.3 is 0 Å². The van der Waals surface area contributed by atoms with Gasteiger partial charge in [0.15, 0.2) is 11.6 Å². The molecule has 0 unspecified atom stereocenters. The molecule has 0 aliphatic carbocycles. The molecule has 0 saturated heterocycles. The lowest BCUT2D eigenvalue weighted by atomic mass is 10.1. The van der Waals surface area contributed by atoms with E-state index in [1.165, 1.54) is 12.3 Å². The van der Waals surface area contributed by atoms with Gasteiger partial charge in [0.25, 0.3) is 0 Å². The fourth-order valence-corrected chi connectivity index (χ4v) is 1.81. The molecule has 0 amide bonds. The number of aryl methyl sites for hydroxylation is 1. The average molecular weight is 266 g/mol. The summed E-state index contributed by atoms with van der Waals surface area (Å²) in [6.07, 6.45) is 4.02. The van der Waals surface area contributed by atoms with Crippen molar-refractivity contribution in [1.29, 1.82) is 0 Å². The second-order valence-corrected chi connectivity index (χ2v) is 4.24. The summed E-state index contributed by atoms with van der Waals surface area (Å²) in [6, 6.07) is 5.13. The highest BCUT2D eigenvalue weighted by Gasteiger charge is 2.06. The number of nitrogens with one attached hydrogen (secondary N) is 1. The van der Waals surface area contributed by atoms with E-state index < -0.39 is 5.82 Å². The van der Waals surface area contributed by atoms with Gasteiger partial charge in [-0.3, -0.25) is 4.98 Å². The third-order valence-electron chi connectivity index (χ3n) is 2.60. The Balaban J connectivity index is 2.11. The first-order valence-corrected chi connectivity index (χ1v) is 6.06. The van der Waals surface area contributed by atoms with E-state index in [1.54, 1.807) is 6.20 Å². The fourth-order valence-electron chi connectivity index (χ4n) is 1.66. The van der Waals surface area contributed by atoms with Crippen LogP contribution in [0.4, 0.5) is 10.2 Å². The van der Waals surface area contributed by atoms with E-state index in [0.717, 1.165) is 17.7 Å². The quantitative estimate of drug-likeness (QED) is 0.920. The molecule has 1 N–H and O–H groups in total. The molecule has 0 bridgehead atoms. The van der Waals surface area contributed by atoms with Gasteiger partial charge in [0, 0.05) is 12.4 Å². The first-order valence-electron chi connectivity index (χ1n) is 5.68. The maximum Gasteiger partial charge on any atom is 0.166 e. The lowest BCUT2D eigenvalue weighted by Crippen LogP contribution is -2.07. The van der Waals surface area contributed by atoms with Crippen molar-refractivity contribution >= 4 is 17.4 Å². The average Bonchev–Trinajstić information content (AvgIpc) is 2.38. The molecule has 2 heterocycles. The van der Waals surface area contributed by atoms with E-state index in [1.807, 2.05) is 12.1 Å². The van der Waals surface area contributed by atoms with Gasteiger partial charge in [-0.05, 0) is 24.1 Å². The first-order chi connectivity index (χ1) is 8.70. The largest absolute Gasteiger partial charge is 0.362 e. The van der Waals surface area contributed by atoms with Crippen LogP contribution in [-0.2, 0) is 13.0 Å². The van der Waals surface area contributed by atoms with E-state index in [9.17, 15) is 4.39 Å². The Morgan fingerprint density at radius 2 is 2.22 bits per heavy atom. The molecule has 2 aromatic heterocycles. The highest BCUT2D eigenvalue weighted by atomic mass is 35.5. The van der Waals surface area contributed by atoms with Crippen LogP contribution in [0.25, 0.3) is 0 Å². The van der Waals surface area contributed by atoms with Gasteiger partial charge in [0.1, 0.15) is 0 Å². The van der Waals surface area contributed by atoms with Crippen molar-refractivity contribution in [2.24, 2.45) is 0 Å². The van der Waals surface area contributed by atoms with Crippen LogP contribution >= 0.6 is 11.6 Å². The summed E-state index contributed by atoms with van der Waals surface area (Å²) >= 11 is 5.64. The number of nitrogens with zero attached hydrogens (tertiary/aromatic N) is 2. The zero-order valence-electron chi connectivity index (χ0n) is 9.95. The van der Waals surface area contributed by atoms with Crippen LogP contribution < -0.4 is 5.32 Å². The van der Waals surface area contributed by atoms with Crippen LogP contribution in [0, 0.1) is 5.82 Å². The number of aromatic nitrogens is 2. The summed E-state index contributed by atoms with van der Waals surface area (Å²) in [7, 11) is 0. The van der Waals surface area contributed by atoms with Gasteiger partial charge in [-0.1, -0.05) is 24.6 Å². The van der Waals surface area contributed by atoms with Crippen molar-refractivity contribution in [3.05, 3.63) is 52.7 Å². The summed E-state index contributed by atoms with van der Waals surface area (Å²) in [5.74, 6) is -0.274. The molecule has 2 aromatic rings. The molecule has 18 heavy (non-hydrogen) atoms. The minimum atomic E-state index is -0.462. The molecule has 0 aliphatic heterocycles. The van der Waals surface area contributed by atoms with Crippen LogP contribution in [0.15, 0.2) is 30.6 Å². The maximum absolute atomic E-state index is 13.5. The summed E-state index contributed by atoms with van der Waals surface area (Å²) in [5, 5.41) is 3.21. The summed E-state index contributed by atoms with van der Waals surface area (Å²) in [4.78, 5) is 8.18. The van der Waals surface area contributed by atoms with Gasteiger partial charge < -0.3 is 5.32 Å². The lowest BCUT2D eigenvalue weighted by Gasteiger charge is -2.09. The number of hydrogen-bond acceptors (Lipinski definition) is 3. The van der Waals surface area contributed by atoms with E-state index >= 15 is 0 Å². The number of halogens is 2. The zero-order chi connectivity index (χ0) is 13.0. The standard InChI is InChI=1S/C13H13ClFN3/c1-2-9-4-3-5-16-12(9)8-18-13-11(15)6-10(14)7-17-13/h3-7H,2,8H2,1H3,(H,17,18). The molecular formula is C13H13ClFN3. The van der Waals surface area contributed by atoms with Gasteiger partial charge in [0.2, 0.25) is 0 Å². The van der Waals surface area contributed by atoms with Gasteiger partial charge in [-0.25, -0.2) is 9.37 Å². The van der Waals surface area contributed by atoms with Crippen molar-refractivity contribution in [2.75, 3.05) is 5.32 Å². The molecule has 0 aliphatic rings. The van der Waals surface area contributed by atoms with E-state index in [4.69, 9.17) is 11.6 Å².